The van der Waals surface area contributed by atoms with E-state index in [1.807, 2.05) is 11.8 Å². The van der Waals surface area contributed by atoms with Crippen LogP contribution in [0.3, 0.4) is 0 Å². The van der Waals surface area contributed by atoms with Crippen LogP contribution < -0.4 is 10.6 Å². The molecule has 0 radical (unpaired) electrons. The van der Waals surface area contributed by atoms with Gasteiger partial charge in [-0.25, -0.2) is 4.99 Å². The Morgan fingerprint density at radius 2 is 1.81 bits per heavy atom. The zero-order valence-corrected chi connectivity index (χ0v) is 23.2. The van der Waals surface area contributed by atoms with Gasteiger partial charge in [0.2, 0.25) is 5.91 Å². The minimum Gasteiger partial charge on any atom is -0.356 e. The van der Waals surface area contributed by atoms with Gasteiger partial charge in [-0.3, -0.25) is 9.69 Å². The summed E-state index contributed by atoms with van der Waals surface area (Å²) in [4.78, 5) is 20.7. The van der Waals surface area contributed by atoms with Gasteiger partial charge in [-0.1, -0.05) is 43.2 Å². The quantitative estimate of drug-likeness (QED) is 0.172. The Kier molecular flexibility index (Phi) is 15.9. The van der Waals surface area contributed by atoms with Crippen LogP contribution in [-0.4, -0.2) is 80.0 Å². The smallest absolute Gasteiger partial charge is 0.243 e. The third kappa shape index (κ3) is 12.3. The highest BCUT2D eigenvalue weighted by Gasteiger charge is 2.20. The van der Waals surface area contributed by atoms with Crippen LogP contribution >= 0.6 is 35.7 Å². The standard InChI is InChI=1S/C24H41N5OS.HI/c1-28(2)23(30)19-26-24(25-15-9-4-5-10-18-31-3)27-22-13-16-29(17-14-22)20-21-11-7-6-8-12-21;/h6-8,11-12,22H,4-5,9-10,13-20H2,1-3H3,(H2,25,26,27);1H. The summed E-state index contributed by atoms with van der Waals surface area (Å²) in [6, 6.07) is 11.1. The second kappa shape index (κ2) is 17.5. The molecule has 1 heterocycles. The molecule has 1 saturated heterocycles. The summed E-state index contributed by atoms with van der Waals surface area (Å²) in [5.41, 5.74) is 1.37. The number of hydrogen-bond donors (Lipinski definition) is 2. The summed E-state index contributed by atoms with van der Waals surface area (Å²) in [5, 5.41) is 7.04. The number of hydrogen-bond acceptors (Lipinski definition) is 4. The van der Waals surface area contributed by atoms with Crippen molar-refractivity contribution in [1.82, 2.24) is 20.4 Å². The second-order valence-electron chi connectivity index (χ2n) is 8.47. The van der Waals surface area contributed by atoms with Gasteiger partial charge in [0, 0.05) is 46.3 Å². The van der Waals surface area contributed by atoms with Crippen molar-refractivity contribution in [2.75, 3.05) is 52.3 Å². The van der Waals surface area contributed by atoms with Crippen LogP contribution in [0.25, 0.3) is 0 Å². The number of thioether (sulfide) groups is 1. The molecule has 0 atom stereocenters. The first-order valence-corrected chi connectivity index (χ1v) is 13.0. The lowest BCUT2D eigenvalue weighted by Crippen LogP contribution is -2.49. The van der Waals surface area contributed by atoms with E-state index >= 15 is 0 Å². The zero-order valence-electron chi connectivity index (χ0n) is 20.0. The molecule has 0 unspecified atom stereocenters. The van der Waals surface area contributed by atoms with Crippen molar-refractivity contribution in [1.29, 1.82) is 0 Å². The SMILES string of the molecule is CSCCCCCCNC(=NCC(=O)N(C)C)NC1CCN(Cc2ccccc2)CC1.I. The lowest BCUT2D eigenvalue weighted by Gasteiger charge is -2.33. The van der Waals surface area contributed by atoms with Crippen LogP contribution in [0.2, 0.25) is 0 Å². The number of piperidine rings is 1. The highest BCUT2D eigenvalue weighted by Crippen LogP contribution is 2.14. The normalized spacial score (nSPS) is 15.2. The largest absolute Gasteiger partial charge is 0.356 e. The predicted octanol–water partition coefficient (Wildman–Crippen LogP) is 3.82. The van der Waals surface area contributed by atoms with Gasteiger partial charge in [0.25, 0.3) is 0 Å². The highest BCUT2D eigenvalue weighted by molar-refractivity contribution is 14.0. The molecule has 0 bridgehead atoms. The van der Waals surface area contributed by atoms with E-state index in [9.17, 15) is 4.79 Å². The number of nitrogens with one attached hydrogen (secondary N) is 2. The van der Waals surface area contributed by atoms with Gasteiger partial charge in [0.05, 0.1) is 0 Å². The van der Waals surface area contributed by atoms with Crippen molar-refractivity contribution in [2.45, 2.75) is 51.1 Å². The fraction of sp³-hybridized carbons (Fsp3) is 0.667. The maximum absolute atomic E-state index is 12.0. The fourth-order valence-electron chi connectivity index (χ4n) is 3.64. The molecule has 1 aliphatic heterocycles. The number of carbonyl (C=O) groups excluding carboxylic acids is 1. The molecule has 8 heteroatoms. The van der Waals surface area contributed by atoms with Gasteiger partial charge in [0.15, 0.2) is 5.96 Å². The number of nitrogens with zero attached hydrogens (tertiary/aromatic N) is 3. The third-order valence-corrected chi connectivity index (χ3v) is 6.31. The first kappa shape index (κ1) is 29.0. The number of guanidine groups is 1. The molecule has 0 saturated carbocycles. The minimum atomic E-state index is 0. The average Bonchev–Trinajstić information content (AvgIpc) is 2.78. The van der Waals surface area contributed by atoms with E-state index in [1.165, 1.54) is 30.6 Å². The van der Waals surface area contributed by atoms with Gasteiger partial charge < -0.3 is 15.5 Å². The number of amides is 1. The molecule has 1 fully saturated rings. The van der Waals surface area contributed by atoms with Crippen molar-refractivity contribution < 1.29 is 4.79 Å². The molecule has 0 aliphatic carbocycles. The molecule has 1 aromatic carbocycles. The Hall–Kier alpha value is -1.000. The van der Waals surface area contributed by atoms with Gasteiger partial charge >= 0.3 is 0 Å². The second-order valence-corrected chi connectivity index (χ2v) is 9.45. The number of halogens is 1. The van der Waals surface area contributed by atoms with Crippen LogP contribution in [0.1, 0.15) is 44.1 Å². The third-order valence-electron chi connectivity index (χ3n) is 5.62. The Morgan fingerprint density at radius 3 is 2.47 bits per heavy atom. The van der Waals surface area contributed by atoms with Crippen LogP contribution in [0.4, 0.5) is 0 Å². The Morgan fingerprint density at radius 1 is 1.12 bits per heavy atom. The number of rotatable bonds is 12. The number of likely N-dealkylation sites (tertiary alicyclic amines) is 1. The number of benzene rings is 1. The first-order valence-electron chi connectivity index (χ1n) is 11.6. The van der Waals surface area contributed by atoms with E-state index in [1.54, 1.807) is 19.0 Å². The van der Waals surface area contributed by atoms with Crippen LogP contribution in [-0.2, 0) is 11.3 Å². The maximum atomic E-state index is 12.0. The van der Waals surface area contributed by atoms with Crippen molar-refractivity contribution in [2.24, 2.45) is 4.99 Å². The molecule has 1 amide bonds. The van der Waals surface area contributed by atoms with Crippen molar-refractivity contribution in [3.8, 4) is 0 Å². The van der Waals surface area contributed by atoms with Crippen LogP contribution in [0.15, 0.2) is 35.3 Å². The van der Waals surface area contributed by atoms with Gasteiger partial charge in [-0.2, -0.15) is 11.8 Å². The summed E-state index contributed by atoms with van der Waals surface area (Å²) in [6.07, 6.45) is 9.27. The van der Waals surface area contributed by atoms with E-state index in [4.69, 9.17) is 0 Å². The Bertz CT molecular complexity index is 651. The van der Waals surface area contributed by atoms with Crippen LogP contribution in [0.5, 0.6) is 0 Å². The molecule has 0 aromatic heterocycles. The molecule has 1 aliphatic rings. The molecule has 6 nitrogen and oxygen atoms in total. The summed E-state index contributed by atoms with van der Waals surface area (Å²) >= 11 is 1.92. The average molecular weight is 576 g/mol. The Balaban J connectivity index is 0.00000512. The first-order chi connectivity index (χ1) is 15.1. The van der Waals surface area contributed by atoms with E-state index in [2.05, 4.69) is 57.1 Å². The highest BCUT2D eigenvalue weighted by atomic mass is 127. The predicted molar refractivity (Wildman–Crippen MR) is 149 cm³/mol. The summed E-state index contributed by atoms with van der Waals surface area (Å²) in [7, 11) is 3.55. The number of aliphatic imine (C=N–C) groups is 1. The summed E-state index contributed by atoms with van der Waals surface area (Å²) in [5.74, 6) is 2.05. The van der Waals surface area contributed by atoms with Crippen molar-refractivity contribution in [3.05, 3.63) is 35.9 Å². The lowest BCUT2D eigenvalue weighted by atomic mass is 10.0. The minimum absolute atomic E-state index is 0. The van der Waals surface area contributed by atoms with Crippen LogP contribution in [0, 0.1) is 0 Å². The number of carbonyl (C=O) groups is 1. The van der Waals surface area contributed by atoms with E-state index in [-0.39, 0.29) is 36.4 Å². The Labute approximate surface area is 216 Å². The van der Waals surface area contributed by atoms with E-state index < -0.39 is 0 Å². The maximum Gasteiger partial charge on any atom is 0.243 e. The molecule has 182 valence electrons. The van der Waals surface area contributed by atoms with E-state index in [0.717, 1.165) is 51.4 Å². The topological polar surface area (TPSA) is 60.0 Å². The van der Waals surface area contributed by atoms with E-state index in [0.29, 0.717) is 6.04 Å². The van der Waals surface area contributed by atoms with Gasteiger partial charge in [-0.15, -0.1) is 24.0 Å². The molecule has 32 heavy (non-hydrogen) atoms. The molecule has 2 rings (SSSR count). The molecule has 1 aromatic rings. The summed E-state index contributed by atoms with van der Waals surface area (Å²) < 4.78 is 0. The monoisotopic (exact) mass is 575 g/mol. The van der Waals surface area contributed by atoms with Crippen molar-refractivity contribution >= 4 is 47.6 Å². The zero-order chi connectivity index (χ0) is 22.3. The fourth-order valence-corrected chi connectivity index (χ4v) is 4.14. The molecular formula is C24H42IN5OS. The van der Waals surface area contributed by atoms with Gasteiger partial charge in [0.1, 0.15) is 6.54 Å². The number of unbranched alkanes of at least 4 members (excludes halogenated alkanes) is 3. The molecule has 2 N–H and O–H groups in total. The van der Waals surface area contributed by atoms with Gasteiger partial charge in [-0.05, 0) is 43.3 Å². The number of likely N-dealkylation sites (N-methyl/N-ethyl adjacent to an activating group) is 1. The summed E-state index contributed by atoms with van der Waals surface area (Å²) in [6.45, 7) is 4.25. The lowest BCUT2D eigenvalue weighted by molar-refractivity contribution is -0.127. The molecular weight excluding hydrogens is 533 g/mol. The molecule has 0 spiro atoms. The van der Waals surface area contributed by atoms with Crippen molar-refractivity contribution in [3.63, 3.8) is 0 Å².